The molecule has 0 atom stereocenters. The van der Waals surface area contributed by atoms with Crippen LogP contribution in [0.15, 0.2) is 24.7 Å². The van der Waals surface area contributed by atoms with Crippen LogP contribution in [-0.2, 0) is 0 Å². The minimum atomic E-state index is 0.672. The fourth-order valence-electron chi connectivity index (χ4n) is 1.88. The number of hydrogen-bond donors (Lipinski definition) is 1. The van der Waals surface area contributed by atoms with Crippen LogP contribution in [0.1, 0.15) is 37.8 Å². The molecule has 1 aliphatic rings. The Bertz CT molecular complexity index is 530. The number of rotatable bonds is 5. The molecule has 94 valence electrons. The summed E-state index contributed by atoms with van der Waals surface area (Å²) in [6.45, 7) is 3.05. The maximum absolute atomic E-state index is 4.56. The maximum Gasteiger partial charge on any atom is 0.158 e. The first-order chi connectivity index (χ1) is 8.86. The van der Waals surface area contributed by atoms with Crippen LogP contribution in [0.2, 0.25) is 0 Å². The molecule has 0 unspecified atom stereocenters. The summed E-state index contributed by atoms with van der Waals surface area (Å²) in [6.07, 6.45) is 7.16. The molecule has 5 heteroatoms. The standard InChI is InChI=1S/C13H17N5/c1-2-6-14-12-8-13(16-9-15-12)18-7-5-11(17-18)10-3-4-10/h5,7-10H,2-4,6H2,1H3,(H,14,15,16). The Labute approximate surface area is 106 Å². The number of anilines is 1. The number of nitrogens with zero attached hydrogens (tertiary/aromatic N) is 4. The highest BCUT2D eigenvalue weighted by Crippen LogP contribution is 2.38. The zero-order chi connectivity index (χ0) is 12.4. The molecule has 1 fully saturated rings. The van der Waals surface area contributed by atoms with Crippen LogP contribution in [0, 0.1) is 0 Å². The molecule has 0 radical (unpaired) electrons. The summed E-state index contributed by atoms with van der Waals surface area (Å²) in [7, 11) is 0. The van der Waals surface area contributed by atoms with Crippen LogP contribution in [0.25, 0.3) is 5.82 Å². The van der Waals surface area contributed by atoms with Crippen LogP contribution in [-0.4, -0.2) is 26.3 Å². The fourth-order valence-corrected chi connectivity index (χ4v) is 1.88. The van der Waals surface area contributed by atoms with Gasteiger partial charge in [-0.3, -0.25) is 0 Å². The van der Waals surface area contributed by atoms with Gasteiger partial charge in [-0.25, -0.2) is 14.6 Å². The van der Waals surface area contributed by atoms with Gasteiger partial charge in [0.05, 0.1) is 5.69 Å². The van der Waals surface area contributed by atoms with Crippen LogP contribution in [0.4, 0.5) is 5.82 Å². The molecule has 2 aromatic heterocycles. The van der Waals surface area contributed by atoms with Gasteiger partial charge in [0.15, 0.2) is 5.82 Å². The zero-order valence-electron chi connectivity index (χ0n) is 10.5. The lowest BCUT2D eigenvalue weighted by molar-refractivity contribution is 0.807. The van der Waals surface area contributed by atoms with Crippen molar-refractivity contribution in [3.8, 4) is 5.82 Å². The summed E-state index contributed by atoms with van der Waals surface area (Å²) in [6, 6.07) is 4.01. The lowest BCUT2D eigenvalue weighted by atomic mass is 10.3. The molecule has 2 heterocycles. The minimum absolute atomic E-state index is 0.672. The Morgan fingerprint density at radius 2 is 2.28 bits per heavy atom. The summed E-state index contributed by atoms with van der Waals surface area (Å²) in [5.41, 5.74) is 1.18. The van der Waals surface area contributed by atoms with Crippen LogP contribution < -0.4 is 5.32 Å². The van der Waals surface area contributed by atoms with Gasteiger partial charge >= 0.3 is 0 Å². The average molecular weight is 243 g/mol. The van der Waals surface area contributed by atoms with Gasteiger partial charge in [-0.05, 0) is 25.3 Å². The molecule has 0 bridgehead atoms. The van der Waals surface area contributed by atoms with E-state index < -0.39 is 0 Å². The molecule has 1 aliphatic carbocycles. The van der Waals surface area contributed by atoms with Crippen LogP contribution in [0.5, 0.6) is 0 Å². The molecule has 2 aromatic rings. The van der Waals surface area contributed by atoms with E-state index in [9.17, 15) is 0 Å². The van der Waals surface area contributed by atoms with Gasteiger partial charge < -0.3 is 5.32 Å². The van der Waals surface area contributed by atoms with Crippen LogP contribution >= 0.6 is 0 Å². The Kier molecular flexibility index (Phi) is 2.96. The largest absolute Gasteiger partial charge is 0.370 e. The first-order valence-corrected chi connectivity index (χ1v) is 6.48. The third kappa shape index (κ3) is 2.34. The normalized spacial score (nSPS) is 14.7. The minimum Gasteiger partial charge on any atom is -0.370 e. The third-order valence-electron chi connectivity index (χ3n) is 3.05. The van der Waals surface area contributed by atoms with Crippen molar-refractivity contribution in [1.29, 1.82) is 0 Å². The number of aromatic nitrogens is 4. The average Bonchev–Trinajstić information content (AvgIpc) is 3.14. The molecule has 0 spiro atoms. The van der Waals surface area contributed by atoms with Crippen molar-refractivity contribution in [2.24, 2.45) is 0 Å². The van der Waals surface area contributed by atoms with E-state index in [-0.39, 0.29) is 0 Å². The second kappa shape index (κ2) is 4.76. The van der Waals surface area contributed by atoms with Crippen molar-refractivity contribution < 1.29 is 0 Å². The van der Waals surface area contributed by atoms with Crippen molar-refractivity contribution in [3.63, 3.8) is 0 Å². The number of hydrogen-bond acceptors (Lipinski definition) is 4. The third-order valence-corrected chi connectivity index (χ3v) is 3.05. The number of nitrogens with one attached hydrogen (secondary N) is 1. The van der Waals surface area contributed by atoms with Gasteiger partial charge in [0.2, 0.25) is 0 Å². The summed E-state index contributed by atoms with van der Waals surface area (Å²) >= 11 is 0. The monoisotopic (exact) mass is 243 g/mol. The highest BCUT2D eigenvalue weighted by atomic mass is 15.3. The van der Waals surface area contributed by atoms with E-state index in [4.69, 9.17) is 0 Å². The SMILES string of the molecule is CCCNc1cc(-n2ccc(C3CC3)n2)ncn1. The molecule has 0 aromatic carbocycles. The van der Waals surface area contributed by atoms with E-state index in [0.29, 0.717) is 5.92 Å². The molecule has 1 N–H and O–H groups in total. The molecule has 0 aliphatic heterocycles. The highest BCUT2D eigenvalue weighted by Gasteiger charge is 2.25. The van der Waals surface area contributed by atoms with Crippen molar-refractivity contribution >= 4 is 5.82 Å². The van der Waals surface area contributed by atoms with Crippen molar-refractivity contribution in [2.45, 2.75) is 32.1 Å². The maximum atomic E-state index is 4.56. The molecule has 5 nitrogen and oxygen atoms in total. The van der Waals surface area contributed by atoms with Gasteiger partial charge in [-0.2, -0.15) is 5.10 Å². The van der Waals surface area contributed by atoms with E-state index in [1.165, 1.54) is 18.5 Å². The smallest absolute Gasteiger partial charge is 0.158 e. The predicted molar refractivity (Wildman–Crippen MR) is 69.9 cm³/mol. The fraction of sp³-hybridized carbons (Fsp3) is 0.462. The topological polar surface area (TPSA) is 55.6 Å². The Hall–Kier alpha value is -1.91. The summed E-state index contributed by atoms with van der Waals surface area (Å²) in [5, 5.41) is 7.82. The van der Waals surface area contributed by atoms with Gasteiger partial charge in [0.1, 0.15) is 12.1 Å². The van der Waals surface area contributed by atoms with Crippen LogP contribution in [0.3, 0.4) is 0 Å². The Morgan fingerprint density at radius 1 is 1.39 bits per heavy atom. The van der Waals surface area contributed by atoms with Gasteiger partial charge in [0, 0.05) is 24.7 Å². The second-order valence-electron chi connectivity index (χ2n) is 4.65. The molecule has 3 rings (SSSR count). The Morgan fingerprint density at radius 3 is 3.06 bits per heavy atom. The molecular weight excluding hydrogens is 226 g/mol. The van der Waals surface area contributed by atoms with Crippen molar-refractivity contribution in [2.75, 3.05) is 11.9 Å². The second-order valence-corrected chi connectivity index (χ2v) is 4.65. The van der Waals surface area contributed by atoms with E-state index in [0.717, 1.165) is 24.6 Å². The molecule has 18 heavy (non-hydrogen) atoms. The highest BCUT2D eigenvalue weighted by molar-refractivity contribution is 5.40. The van der Waals surface area contributed by atoms with E-state index >= 15 is 0 Å². The first kappa shape index (κ1) is 11.2. The molecule has 1 saturated carbocycles. The Balaban J connectivity index is 1.81. The zero-order valence-corrected chi connectivity index (χ0v) is 10.5. The van der Waals surface area contributed by atoms with E-state index in [2.05, 4.69) is 33.4 Å². The van der Waals surface area contributed by atoms with E-state index in [1.54, 1.807) is 6.33 Å². The summed E-state index contributed by atoms with van der Waals surface area (Å²) in [5.74, 6) is 2.34. The van der Waals surface area contributed by atoms with Gasteiger partial charge in [0.25, 0.3) is 0 Å². The molecular formula is C13H17N5. The van der Waals surface area contributed by atoms with Crippen molar-refractivity contribution in [3.05, 3.63) is 30.4 Å². The lowest BCUT2D eigenvalue weighted by Gasteiger charge is -2.05. The van der Waals surface area contributed by atoms with E-state index in [1.807, 2.05) is 16.9 Å². The van der Waals surface area contributed by atoms with Crippen molar-refractivity contribution in [1.82, 2.24) is 19.7 Å². The molecule has 0 amide bonds. The van der Waals surface area contributed by atoms with Gasteiger partial charge in [-0.15, -0.1) is 0 Å². The molecule has 0 saturated heterocycles. The summed E-state index contributed by atoms with van der Waals surface area (Å²) in [4.78, 5) is 8.45. The first-order valence-electron chi connectivity index (χ1n) is 6.48. The van der Waals surface area contributed by atoms with Gasteiger partial charge in [-0.1, -0.05) is 6.92 Å². The predicted octanol–water partition coefficient (Wildman–Crippen LogP) is 2.36. The lowest BCUT2D eigenvalue weighted by Crippen LogP contribution is -2.05. The summed E-state index contributed by atoms with van der Waals surface area (Å²) < 4.78 is 1.83. The quantitative estimate of drug-likeness (QED) is 0.875.